The molecule has 2 amide bonds. The summed E-state index contributed by atoms with van der Waals surface area (Å²) in [5.74, 6) is 0. The lowest BCUT2D eigenvalue weighted by Gasteiger charge is -2.42. The van der Waals surface area contributed by atoms with Crippen molar-refractivity contribution in [1.29, 1.82) is 0 Å². The molecule has 2 aliphatic rings. The van der Waals surface area contributed by atoms with Crippen molar-refractivity contribution in [3.05, 3.63) is 71.8 Å². The van der Waals surface area contributed by atoms with Gasteiger partial charge in [-0.2, -0.15) is 0 Å². The van der Waals surface area contributed by atoms with E-state index in [9.17, 15) is 4.79 Å². The summed E-state index contributed by atoms with van der Waals surface area (Å²) >= 11 is 0. The normalized spacial score (nSPS) is 30.0. The zero-order valence-electron chi connectivity index (χ0n) is 12.8. The third-order valence-corrected chi connectivity index (χ3v) is 4.68. The minimum absolute atomic E-state index is 0.162. The van der Waals surface area contributed by atoms with Crippen LogP contribution in [-0.2, 0) is 0 Å². The molecule has 4 N–H and O–H groups in total. The number of nitrogens with one attached hydrogen (secondary N) is 4. The Morgan fingerprint density at radius 1 is 0.826 bits per heavy atom. The number of hydrogen-bond acceptors (Lipinski definition) is 3. The third-order valence-electron chi connectivity index (χ3n) is 4.68. The second kappa shape index (κ2) is 5.68. The predicted octanol–water partition coefficient (Wildman–Crippen LogP) is 2.37. The van der Waals surface area contributed by atoms with Crippen LogP contribution in [0.15, 0.2) is 60.7 Å². The van der Waals surface area contributed by atoms with Crippen molar-refractivity contribution in [2.75, 3.05) is 0 Å². The molecule has 2 atom stereocenters. The number of urea groups is 1. The number of rotatable bonds is 2. The standard InChI is InChI=1S/C18H20N4O/c23-17-20-18(22-21-17)11-15(13-7-3-1-4-8-13)19-16(12-18)14-9-5-2-6-10-14/h1-10,15-16,19,22H,11-12H2,(H2,20,21,23). The van der Waals surface area contributed by atoms with Gasteiger partial charge in [-0.05, 0) is 11.1 Å². The molecule has 0 aliphatic carbocycles. The maximum Gasteiger partial charge on any atom is 0.330 e. The smallest absolute Gasteiger partial charge is 0.317 e. The Hall–Kier alpha value is -2.37. The van der Waals surface area contributed by atoms with Crippen LogP contribution in [0.3, 0.4) is 0 Å². The van der Waals surface area contributed by atoms with Gasteiger partial charge in [0.2, 0.25) is 0 Å². The molecule has 0 saturated carbocycles. The SMILES string of the molecule is O=C1NNC2(CC(c3ccccc3)NC(c3ccccc3)C2)N1. The lowest BCUT2D eigenvalue weighted by Crippen LogP contribution is -2.58. The number of hydrazine groups is 1. The van der Waals surface area contributed by atoms with Crippen molar-refractivity contribution in [2.24, 2.45) is 0 Å². The molecule has 1 spiro atoms. The van der Waals surface area contributed by atoms with E-state index in [1.54, 1.807) is 0 Å². The molecule has 0 radical (unpaired) electrons. The maximum atomic E-state index is 11.7. The molecule has 5 nitrogen and oxygen atoms in total. The lowest BCUT2D eigenvalue weighted by atomic mass is 9.83. The summed E-state index contributed by atoms with van der Waals surface area (Å²) in [7, 11) is 0. The van der Waals surface area contributed by atoms with E-state index in [1.165, 1.54) is 11.1 Å². The zero-order valence-corrected chi connectivity index (χ0v) is 12.8. The van der Waals surface area contributed by atoms with Gasteiger partial charge in [-0.25, -0.2) is 10.2 Å². The summed E-state index contributed by atoms with van der Waals surface area (Å²) < 4.78 is 0. The molecule has 4 rings (SSSR count). The van der Waals surface area contributed by atoms with Crippen molar-refractivity contribution < 1.29 is 4.79 Å². The number of carbonyl (C=O) groups is 1. The van der Waals surface area contributed by atoms with E-state index >= 15 is 0 Å². The Morgan fingerprint density at radius 2 is 1.35 bits per heavy atom. The number of hydrogen-bond donors (Lipinski definition) is 4. The molecule has 118 valence electrons. The van der Waals surface area contributed by atoms with E-state index in [4.69, 9.17) is 0 Å². The first-order chi connectivity index (χ1) is 11.2. The first kappa shape index (κ1) is 14.2. The fourth-order valence-electron chi connectivity index (χ4n) is 3.60. The summed E-state index contributed by atoms with van der Waals surface area (Å²) in [5, 5.41) is 6.80. The molecule has 0 bridgehead atoms. The van der Waals surface area contributed by atoms with Crippen LogP contribution in [-0.4, -0.2) is 11.7 Å². The van der Waals surface area contributed by atoms with Crippen molar-refractivity contribution in [3.63, 3.8) is 0 Å². The second-order valence-corrected chi connectivity index (χ2v) is 6.29. The quantitative estimate of drug-likeness (QED) is 0.689. The summed E-state index contributed by atoms with van der Waals surface area (Å²) in [6, 6.07) is 20.9. The van der Waals surface area contributed by atoms with E-state index in [2.05, 4.69) is 70.0 Å². The van der Waals surface area contributed by atoms with E-state index in [-0.39, 0.29) is 18.1 Å². The van der Waals surface area contributed by atoms with Crippen LogP contribution in [0.4, 0.5) is 4.79 Å². The first-order valence-corrected chi connectivity index (χ1v) is 7.95. The van der Waals surface area contributed by atoms with E-state index in [0.29, 0.717) is 0 Å². The molecule has 2 aromatic carbocycles. The van der Waals surface area contributed by atoms with Crippen LogP contribution < -0.4 is 21.5 Å². The topological polar surface area (TPSA) is 65.2 Å². The first-order valence-electron chi connectivity index (χ1n) is 7.95. The van der Waals surface area contributed by atoms with Crippen LogP contribution in [0, 0.1) is 0 Å². The summed E-state index contributed by atoms with van der Waals surface area (Å²) in [6.45, 7) is 0. The molecule has 2 fully saturated rings. The van der Waals surface area contributed by atoms with Gasteiger partial charge in [-0.15, -0.1) is 0 Å². The van der Waals surface area contributed by atoms with E-state index < -0.39 is 5.66 Å². The number of benzene rings is 2. The second-order valence-electron chi connectivity index (χ2n) is 6.29. The summed E-state index contributed by atoms with van der Waals surface area (Å²) in [5.41, 5.74) is 7.90. The molecule has 2 heterocycles. The van der Waals surface area contributed by atoms with Gasteiger partial charge in [0.25, 0.3) is 0 Å². The molecule has 23 heavy (non-hydrogen) atoms. The monoisotopic (exact) mass is 308 g/mol. The minimum atomic E-state index is -0.427. The Morgan fingerprint density at radius 3 is 1.78 bits per heavy atom. The van der Waals surface area contributed by atoms with Crippen LogP contribution in [0.1, 0.15) is 36.1 Å². The molecular formula is C18H20N4O. The molecule has 2 saturated heterocycles. The van der Waals surface area contributed by atoms with Gasteiger partial charge < -0.3 is 10.6 Å². The zero-order chi connectivity index (χ0) is 15.7. The van der Waals surface area contributed by atoms with Crippen molar-refractivity contribution in [2.45, 2.75) is 30.6 Å². The summed E-state index contributed by atoms with van der Waals surface area (Å²) in [6.07, 6.45) is 1.58. The highest BCUT2D eigenvalue weighted by molar-refractivity contribution is 5.76. The number of carbonyl (C=O) groups excluding carboxylic acids is 1. The average molecular weight is 308 g/mol. The van der Waals surface area contributed by atoms with Crippen molar-refractivity contribution in [1.82, 2.24) is 21.5 Å². The molecular weight excluding hydrogens is 288 g/mol. The fraction of sp³-hybridized carbons (Fsp3) is 0.278. The Bertz CT molecular complexity index is 641. The third kappa shape index (κ3) is 2.81. The highest BCUT2D eigenvalue weighted by Crippen LogP contribution is 2.38. The summed E-state index contributed by atoms with van der Waals surface area (Å²) in [4.78, 5) is 11.7. The van der Waals surface area contributed by atoms with Gasteiger partial charge in [0.05, 0.1) is 0 Å². The molecule has 5 heteroatoms. The number of amides is 2. The van der Waals surface area contributed by atoms with Gasteiger partial charge in [-0.1, -0.05) is 60.7 Å². The lowest BCUT2D eigenvalue weighted by molar-refractivity contribution is 0.159. The Kier molecular flexibility index (Phi) is 3.52. The van der Waals surface area contributed by atoms with Crippen LogP contribution >= 0.6 is 0 Å². The average Bonchev–Trinajstić information content (AvgIpc) is 2.96. The van der Waals surface area contributed by atoms with Crippen molar-refractivity contribution >= 4 is 6.03 Å². The van der Waals surface area contributed by atoms with Gasteiger partial charge in [0.1, 0.15) is 5.66 Å². The highest BCUT2D eigenvalue weighted by atomic mass is 16.2. The molecule has 2 unspecified atom stereocenters. The van der Waals surface area contributed by atoms with E-state index in [0.717, 1.165) is 12.8 Å². The Labute approximate surface area is 135 Å². The minimum Gasteiger partial charge on any atom is -0.317 e. The van der Waals surface area contributed by atoms with Gasteiger partial charge in [0.15, 0.2) is 0 Å². The van der Waals surface area contributed by atoms with Crippen LogP contribution in [0.5, 0.6) is 0 Å². The van der Waals surface area contributed by atoms with E-state index in [1.807, 2.05) is 12.1 Å². The van der Waals surface area contributed by atoms with Gasteiger partial charge in [0, 0.05) is 24.9 Å². The number of piperidine rings is 1. The predicted molar refractivity (Wildman–Crippen MR) is 88.3 cm³/mol. The highest BCUT2D eigenvalue weighted by Gasteiger charge is 2.45. The van der Waals surface area contributed by atoms with Crippen LogP contribution in [0.2, 0.25) is 0 Å². The largest absolute Gasteiger partial charge is 0.330 e. The molecule has 0 aromatic heterocycles. The van der Waals surface area contributed by atoms with Crippen LogP contribution in [0.25, 0.3) is 0 Å². The molecule has 2 aromatic rings. The maximum absolute atomic E-state index is 11.7. The molecule has 2 aliphatic heterocycles. The fourth-order valence-corrected chi connectivity index (χ4v) is 3.60. The van der Waals surface area contributed by atoms with Crippen molar-refractivity contribution in [3.8, 4) is 0 Å². The van der Waals surface area contributed by atoms with Gasteiger partial charge >= 0.3 is 6.03 Å². The van der Waals surface area contributed by atoms with Gasteiger partial charge in [-0.3, -0.25) is 5.43 Å². The Balaban J connectivity index is 1.67.